The Hall–Kier alpha value is -12.7. The van der Waals surface area contributed by atoms with Crippen molar-refractivity contribution in [3.05, 3.63) is 59.7 Å². The van der Waals surface area contributed by atoms with E-state index in [1.807, 2.05) is 0 Å². The average Bonchev–Trinajstić information content (AvgIpc) is 1.69. The largest absolute Gasteiger partial charge is 0.508 e. The first-order chi connectivity index (χ1) is 65.8. The van der Waals surface area contributed by atoms with E-state index in [2.05, 4.69) is 116 Å². The molecule has 0 spiro atoms. The number of β-amino-alcohol motifs (C(OH)–C–C–N with tert-alkyl or cyclic N) is 1. The van der Waals surface area contributed by atoms with Crippen LogP contribution in [0, 0.1) is 28.1 Å². The van der Waals surface area contributed by atoms with Gasteiger partial charge in [0, 0.05) is 55.9 Å². The Kier molecular flexibility index (Phi) is 53.5. The van der Waals surface area contributed by atoms with Crippen molar-refractivity contribution in [1.82, 2.24) is 95.3 Å². The van der Waals surface area contributed by atoms with Crippen LogP contribution in [0.15, 0.2) is 48.5 Å². The summed E-state index contributed by atoms with van der Waals surface area (Å²) in [6.45, 7) is 9.49. The zero-order chi connectivity index (χ0) is 106. The van der Waals surface area contributed by atoms with Crippen molar-refractivity contribution in [2.75, 3.05) is 58.1 Å². The minimum absolute atomic E-state index is 0.00997. The molecular formula is C86H146N30O22S2. The van der Waals surface area contributed by atoms with Gasteiger partial charge in [0.2, 0.25) is 94.5 Å². The lowest BCUT2D eigenvalue weighted by Crippen LogP contribution is -2.64. The molecule has 54 heteroatoms. The number of nitrogens with zero attached hydrogens (tertiary/aromatic N) is 1. The highest BCUT2D eigenvalue weighted by molar-refractivity contribution is 7.81. The molecule has 1 aliphatic rings. The number of carboxylic acid groups (broad SMARTS) is 1. The number of unbranched alkanes of at least 4 members (excludes halogenated alkanes) is 1. The molecule has 140 heavy (non-hydrogen) atoms. The number of phenolic OH excluding ortho intramolecular Hbond substituents is 2. The fourth-order valence-electron chi connectivity index (χ4n) is 14.4. The van der Waals surface area contributed by atoms with Crippen molar-refractivity contribution in [3.8, 4) is 11.5 Å². The van der Waals surface area contributed by atoms with Gasteiger partial charge in [-0.3, -0.25) is 92.9 Å². The number of carboxylic acids is 1. The minimum Gasteiger partial charge on any atom is -0.508 e. The van der Waals surface area contributed by atoms with E-state index in [0.717, 1.165) is 11.8 Å². The molecule has 0 bridgehead atoms. The van der Waals surface area contributed by atoms with Gasteiger partial charge in [-0.2, -0.15) is 25.3 Å². The van der Waals surface area contributed by atoms with Crippen molar-refractivity contribution < 1.29 is 107 Å². The number of carbonyl (C=O) groups is 17. The highest BCUT2D eigenvalue weighted by atomic mass is 32.1. The SMILES string of the molecule is CC[C@H](C)[C@H](NC(=O)[C@@H]1C[C@@H](O)CN1C(=O)[C@@H](N)C(C)C)C(=O)N[C@@H](CCCNC(=N)N)C(=O)N[C@@H](Cc1ccc(O)cc1)C(=O)N[C@H](C(=O)N[C@@H](CC(N)=O)C(=O)N[C@@H](CCCNC(=N)N)C(=O)N[C@@H](CCN)C(=O)N[C@H](C(=O)N[C@H](CCN)C(=O)N[C@@H](CCCCN)C(=O)N[C@@H](CS)C(=O)N[C@@H](CCN)C(=O)N[C@@H](CCCNC(=N)N)C(=O)N[C@@H](Cc1ccc(O)cc1)C(=O)O)[C@@H](C)O)C(C)(C)S. The molecule has 1 aliphatic heterocycles. The molecule has 2 aromatic rings. The quantitative estimate of drug-likeness (QED) is 0.0127. The first-order valence-electron chi connectivity index (χ1n) is 46.0. The van der Waals surface area contributed by atoms with Crippen LogP contribution in [0.4, 0.5) is 0 Å². The van der Waals surface area contributed by atoms with Gasteiger partial charge in [-0.25, -0.2) is 4.79 Å². The molecule has 3 rings (SSSR count). The Morgan fingerprint density at radius 1 is 0.443 bits per heavy atom. The van der Waals surface area contributed by atoms with Crippen molar-refractivity contribution in [2.45, 2.75) is 271 Å². The van der Waals surface area contributed by atoms with Crippen LogP contribution in [-0.2, 0) is 94.3 Å². The second-order valence-corrected chi connectivity index (χ2v) is 36.4. The number of nitrogens with two attached hydrogens (primary N) is 9. The number of likely N-dealkylation sites (tertiary alicyclic amines) is 1. The zero-order valence-corrected chi connectivity index (χ0v) is 81.6. The van der Waals surface area contributed by atoms with Crippen LogP contribution < -0.4 is 142 Å². The van der Waals surface area contributed by atoms with E-state index >= 15 is 4.79 Å². The number of primary amides is 1. The van der Waals surface area contributed by atoms with Crippen molar-refractivity contribution in [3.63, 3.8) is 0 Å². The number of carbonyl (C=O) groups excluding carboxylic acids is 16. The Labute approximate surface area is 822 Å². The van der Waals surface area contributed by atoms with Crippen LogP contribution in [0.1, 0.15) is 156 Å². The maximum absolute atomic E-state index is 15.0. The molecule has 43 N–H and O–H groups in total. The van der Waals surface area contributed by atoms with Gasteiger partial charge in [-0.1, -0.05) is 58.4 Å². The van der Waals surface area contributed by atoms with Crippen molar-refractivity contribution in [1.29, 1.82) is 16.2 Å². The zero-order valence-electron chi connectivity index (χ0n) is 79.8. The maximum atomic E-state index is 15.0. The molecule has 784 valence electrons. The van der Waals surface area contributed by atoms with E-state index < -0.39 is 263 Å². The topological polar surface area (TPSA) is 905 Å². The first-order valence-corrected chi connectivity index (χ1v) is 47.0. The number of nitrogens with one attached hydrogen (secondary N) is 20. The van der Waals surface area contributed by atoms with Gasteiger partial charge in [-0.15, -0.1) is 0 Å². The molecule has 0 aromatic heterocycles. The molecule has 0 saturated carbocycles. The highest BCUT2D eigenvalue weighted by Gasteiger charge is 2.45. The van der Waals surface area contributed by atoms with Gasteiger partial charge in [0.25, 0.3) is 0 Å². The number of benzene rings is 2. The fraction of sp³-hybridized carbons (Fsp3) is 0.628. The van der Waals surface area contributed by atoms with Crippen molar-refractivity contribution in [2.24, 2.45) is 63.4 Å². The summed E-state index contributed by atoms with van der Waals surface area (Å²) in [5, 5.41) is 117. The van der Waals surface area contributed by atoms with Crippen LogP contribution in [0.5, 0.6) is 11.5 Å². The van der Waals surface area contributed by atoms with Crippen molar-refractivity contribution >= 4 is 144 Å². The Morgan fingerprint density at radius 2 is 0.779 bits per heavy atom. The fourth-order valence-corrected chi connectivity index (χ4v) is 14.8. The summed E-state index contributed by atoms with van der Waals surface area (Å²) < 4.78 is -1.64. The third kappa shape index (κ3) is 42.9. The van der Waals surface area contributed by atoms with Gasteiger partial charge < -0.3 is 172 Å². The number of aliphatic hydroxyl groups excluding tert-OH is 2. The van der Waals surface area contributed by atoms with Crippen LogP contribution in [0.25, 0.3) is 0 Å². The summed E-state index contributed by atoms with van der Waals surface area (Å²) in [5.41, 5.74) is 52.7. The number of aromatic hydroxyl groups is 2. The molecular weight excluding hydrogens is 1870 g/mol. The average molecular weight is 2020 g/mol. The lowest BCUT2D eigenvalue weighted by atomic mass is 9.96. The summed E-state index contributed by atoms with van der Waals surface area (Å²) in [7, 11) is 0. The molecule has 19 atom stereocenters. The predicted octanol–water partition coefficient (Wildman–Crippen LogP) is -10.4. The van der Waals surface area contributed by atoms with E-state index in [9.17, 15) is 102 Å². The smallest absolute Gasteiger partial charge is 0.326 e. The second kappa shape index (κ2) is 61.6. The summed E-state index contributed by atoms with van der Waals surface area (Å²) >= 11 is 8.90. The number of phenols is 2. The predicted molar refractivity (Wildman–Crippen MR) is 520 cm³/mol. The summed E-state index contributed by atoms with van der Waals surface area (Å²) in [5.74, 6) is -21.2. The third-order valence-electron chi connectivity index (χ3n) is 22.5. The van der Waals surface area contributed by atoms with E-state index in [1.54, 1.807) is 27.7 Å². The summed E-state index contributed by atoms with van der Waals surface area (Å²) in [6, 6.07) is -14.6. The molecule has 1 heterocycles. The van der Waals surface area contributed by atoms with E-state index in [4.69, 9.17) is 67.8 Å². The number of thiol groups is 2. The van der Waals surface area contributed by atoms with Crippen LogP contribution in [0.3, 0.4) is 0 Å². The Bertz CT molecular complexity index is 4500. The van der Waals surface area contributed by atoms with Crippen LogP contribution in [0.2, 0.25) is 0 Å². The van der Waals surface area contributed by atoms with Crippen LogP contribution >= 0.6 is 25.3 Å². The number of hydrogen-bond acceptors (Lipinski definition) is 31. The molecule has 0 aliphatic carbocycles. The Morgan fingerprint density at radius 3 is 1.14 bits per heavy atom. The second-order valence-electron chi connectivity index (χ2n) is 34.9. The molecule has 0 unspecified atom stereocenters. The number of aliphatic carboxylic acids is 1. The lowest BCUT2D eigenvalue weighted by molar-refractivity contribution is -0.142. The first kappa shape index (κ1) is 121. The molecule has 52 nitrogen and oxygen atoms in total. The van der Waals surface area contributed by atoms with E-state index in [0.29, 0.717) is 17.5 Å². The van der Waals surface area contributed by atoms with Gasteiger partial charge >= 0.3 is 5.97 Å². The van der Waals surface area contributed by atoms with E-state index in [1.165, 1.54) is 62.4 Å². The normalized spacial score (nSPS) is 16.5. The maximum Gasteiger partial charge on any atom is 0.326 e. The molecule has 1 fully saturated rings. The van der Waals surface area contributed by atoms with Gasteiger partial charge in [-0.05, 0) is 171 Å². The molecule has 2 aromatic carbocycles. The molecule has 1 saturated heterocycles. The standard InChI is InChI=1S/C86H146N30O22S2/c1-8-43(4)64(113-77(132)61-38-49(120)40-116(61)81(136)63(92)42(2)3)78(133)107-53(17-13-35-101-85(97)98)68(123)109-57(36-45-18-22-47(118)23-19-45)75(130)115-66(86(6,7)140)80(135)110-58(39-62(91)121)74(129)104-51(15-11-33-99-83(93)94)67(122)105-56(28-32-90)73(128)114-65(44(5)117)79(134)108-55(27-31-89)72(127)102-50(14-9-10-29-87)70(125)112-60(41-139)76(131)106-54(26-30-88)71(126)103-52(16-12-34-100-84(95)96)69(124)111-59(82(137)138)37-46-20-24-48(119)25-21-46/h18-25,42-44,49-61,63-66,117-120,139-140H,8-17,26-41,87-90,92H2,1-7H3,(H2,91,121)(H,102,127)(H,103,126)(H,104,129)(H,105,122)(H,106,131)(H,107,133)(H,108,134)(H,109,123)(H,110,135)(H,111,124)(H,112,125)(H,113,132)(H,114,128)(H,115,130)(H,137,138)(H4,93,94,99)(H4,95,96,100)(H4,97,98,101)/t43-,44+,49+,50-,51-,52-,53-,54-,55+,56-,57-,58-,59-,60-,61-,63-,64-,65-,66+/m0/s1. The summed E-state index contributed by atoms with van der Waals surface area (Å²) in [6.07, 6.45) is -5.85. The molecule has 0 radical (unpaired) electrons. The van der Waals surface area contributed by atoms with Gasteiger partial charge in [0.15, 0.2) is 17.9 Å². The highest BCUT2D eigenvalue weighted by Crippen LogP contribution is 2.24. The van der Waals surface area contributed by atoms with E-state index in [-0.39, 0.29) is 153 Å². The Balaban J connectivity index is 1.96. The van der Waals surface area contributed by atoms with Gasteiger partial charge in [0.1, 0.15) is 102 Å². The lowest BCUT2D eigenvalue weighted by Gasteiger charge is -2.33. The number of hydrogen-bond donors (Lipinski definition) is 36. The van der Waals surface area contributed by atoms with Gasteiger partial charge in [0.05, 0.1) is 24.7 Å². The number of guanidine groups is 3. The minimum atomic E-state index is -2.01. The number of aliphatic hydroxyl groups is 2. The molecule has 16 amide bonds. The number of amides is 16. The van der Waals surface area contributed by atoms with Crippen LogP contribution in [-0.4, -0.2) is 321 Å². The summed E-state index contributed by atoms with van der Waals surface area (Å²) in [4.78, 5) is 243. The number of rotatable bonds is 64. The monoisotopic (exact) mass is 2020 g/mol. The third-order valence-corrected chi connectivity index (χ3v) is 23.2.